The molecule has 2 aromatic rings. The summed E-state index contributed by atoms with van der Waals surface area (Å²) in [5.74, 6) is -0.643. The van der Waals surface area contributed by atoms with Crippen molar-refractivity contribution in [3.05, 3.63) is 36.4 Å². The van der Waals surface area contributed by atoms with Crippen LogP contribution in [0.2, 0.25) is 0 Å². The molecule has 2 aromatic carbocycles. The van der Waals surface area contributed by atoms with E-state index in [9.17, 15) is 26.4 Å². The number of anilines is 2. The number of carbonyl (C=O) groups is 2. The van der Waals surface area contributed by atoms with Gasteiger partial charge in [0.15, 0.2) is 0 Å². The number of piperidine rings is 1. The molecule has 0 aromatic heterocycles. The number of amides is 2. The summed E-state index contributed by atoms with van der Waals surface area (Å²) in [4.78, 5) is 25.1. The van der Waals surface area contributed by atoms with Crippen molar-refractivity contribution in [2.45, 2.75) is 41.9 Å². The third-order valence-corrected chi connectivity index (χ3v) is 9.38. The molecule has 0 unspecified atom stereocenters. The number of rotatable bonds is 8. The first kappa shape index (κ1) is 25.9. The highest BCUT2D eigenvalue weighted by Gasteiger charge is 2.34. The van der Waals surface area contributed by atoms with Gasteiger partial charge in [-0.1, -0.05) is 6.42 Å². The van der Waals surface area contributed by atoms with Crippen LogP contribution < -0.4 is 19.1 Å². The molecule has 2 fully saturated rings. The molecule has 2 saturated heterocycles. The van der Waals surface area contributed by atoms with Gasteiger partial charge in [-0.25, -0.2) is 21.7 Å². The van der Waals surface area contributed by atoms with Gasteiger partial charge in [-0.3, -0.25) is 14.3 Å². The Balaban J connectivity index is 1.71. The second kappa shape index (κ2) is 10.1. The quantitative estimate of drug-likeness (QED) is 0.506. The highest BCUT2D eigenvalue weighted by Crippen LogP contribution is 2.36. The normalized spacial score (nSPS) is 17.3. The van der Waals surface area contributed by atoms with Crippen molar-refractivity contribution in [2.24, 2.45) is 0 Å². The predicted octanol–water partition coefficient (Wildman–Crippen LogP) is 2.33. The summed E-state index contributed by atoms with van der Waals surface area (Å²) in [6, 6.07) is 7.75. The van der Waals surface area contributed by atoms with Crippen LogP contribution in [-0.2, 0) is 29.6 Å². The summed E-state index contributed by atoms with van der Waals surface area (Å²) in [7, 11) is -5.43. The first-order chi connectivity index (χ1) is 17.1. The van der Waals surface area contributed by atoms with Crippen LogP contribution in [0.5, 0.6) is 11.5 Å². The van der Waals surface area contributed by atoms with Gasteiger partial charge >= 0.3 is 0 Å². The van der Waals surface area contributed by atoms with Crippen LogP contribution in [-0.4, -0.2) is 60.3 Å². The molecule has 0 radical (unpaired) electrons. The molecule has 0 bridgehead atoms. The van der Waals surface area contributed by atoms with Gasteiger partial charge in [0.25, 0.3) is 10.0 Å². The van der Waals surface area contributed by atoms with Crippen molar-refractivity contribution in [3.8, 4) is 11.5 Å². The van der Waals surface area contributed by atoms with E-state index >= 15 is 0 Å². The fraction of sp³-hybridized carbons (Fsp3) is 0.391. The number of hydrogen-bond donors (Lipinski definition) is 1. The number of ether oxygens (including phenoxy) is 2. The Morgan fingerprint density at radius 1 is 0.778 bits per heavy atom. The standard InChI is InChI=1S/C23H27N3O8S2/c1-33-20-8-7-17(36(31,32)25-12-4-3-5-13-25)14-18(20)24-35(29,30)16-6-9-21(34-2)19(15-16)26-22(27)10-11-23(26)28/h6-9,14-15,24H,3-5,10-13H2,1-2H3. The second-order valence-electron chi connectivity index (χ2n) is 8.39. The molecule has 2 aliphatic rings. The van der Waals surface area contributed by atoms with Gasteiger partial charge in [-0.15, -0.1) is 0 Å². The van der Waals surface area contributed by atoms with Crippen LogP contribution in [0, 0.1) is 0 Å². The molecule has 0 saturated carbocycles. The number of carbonyl (C=O) groups excluding carboxylic acids is 2. The van der Waals surface area contributed by atoms with Crippen LogP contribution in [0.25, 0.3) is 0 Å². The van der Waals surface area contributed by atoms with E-state index in [1.54, 1.807) is 0 Å². The lowest BCUT2D eigenvalue weighted by atomic mass is 10.2. The Morgan fingerprint density at radius 3 is 1.97 bits per heavy atom. The molecule has 194 valence electrons. The van der Waals surface area contributed by atoms with Crippen molar-refractivity contribution in [1.29, 1.82) is 0 Å². The van der Waals surface area contributed by atoms with Gasteiger partial charge in [0.1, 0.15) is 11.5 Å². The lowest BCUT2D eigenvalue weighted by Gasteiger charge is -2.26. The summed E-state index contributed by atoms with van der Waals surface area (Å²) < 4.78 is 67.1. The number of hydrogen-bond acceptors (Lipinski definition) is 8. The minimum Gasteiger partial charge on any atom is -0.495 e. The van der Waals surface area contributed by atoms with Crippen molar-refractivity contribution < 1.29 is 35.9 Å². The third-order valence-electron chi connectivity index (χ3n) is 6.12. The van der Waals surface area contributed by atoms with Crippen LogP contribution in [0.1, 0.15) is 32.1 Å². The highest BCUT2D eigenvalue weighted by atomic mass is 32.2. The minimum atomic E-state index is -4.29. The largest absolute Gasteiger partial charge is 0.495 e. The Kier molecular flexibility index (Phi) is 7.25. The van der Waals surface area contributed by atoms with Crippen molar-refractivity contribution in [3.63, 3.8) is 0 Å². The summed E-state index contributed by atoms with van der Waals surface area (Å²) in [6.07, 6.45) is 2.52. The average molecular weight is 538 g/mol. The van der Waals surface area contributed by atoms with E-state index in [2.05, 4.69) is 4.72 Å². The lowest BCUT2D eigenvalue weighted by molar-refractivity contribution is -0.121. The summed E-state index contributed by atoms with van der Waals surface area (Å²) in [5.41, 5.74) is -0.0532. The smallest absolute Gasteiger partial charge is 0.262 e. The molecule has 11 nitrogen and oxygen atoms in total. The maximum absolute atomic E-state index is 13.3. The molecule has 0 spiro atoms. The van der Waals surface area contributed by atoms with E-state index in [0.717, 1.165) is 24.2 Å². The van der Waals surface area contributed by atoms with E-state index < -0.39 is 31.9 Å². The zero-order valence-electron chi connectivity index (χ0n) is 19.9. The van der Waals surface area contributed by atoms with Gasteiger partial charge < -0.3 is 9.47 Å². The Hall–Kier alpha value is -3.16. The lowest BCUT2D eigenvalue weighted by Crippen LogP contribution is -2.35. The highest BCUT2D eigenvalue weighted by molar-refractivity contribution is 7.92. The number of benzene rings is 2. The third kappa shape index (κ3) is 4.90. The van der Waals surface area contributed by atoms with Crippen LogP contribution in [0.3, 0.4) is 0 Å². The number of imide groups is 1. The average Bonchev–Trinajstić information content (AvgIpc) is 3.21. The minimum absolute atomic E-state index is 0.0151. The number of nitrogens with one attached hydrogen (secondary N) is 1. The second-order valence-corrected chi connectivity index (χ2v) is 12.0. The van der Waals surface area contributed by atoms with Crippen LogP contribution >= 0.6 is 0 Å². The summed E-state index contributed by atoms with van der Waals surface area (Å²) in [6.45, 7) is 0.802. The first-order valence-electron chi connectivity index (χ1n) is 11.3. The predicted molar refractivity (Wildman–Crippen MR) is 131 cm³/mol. The molecule has 4 rings (SSSR count). The van der Waals surface area contributed by atoms with Crippen LogP contribution in [0.15, 0.2) is 46.2 Å². The SMILES string of the molecule is COc1ccc(S(=O)(=O)N2CCCCC2)cc1NS(=O)(=O)c1ccc(OC)c(N2C(=O)CCC2=O)c1. The van der Waals surface area contributed by atoms with Crippen molar-refractivity contribution >= 4 is 43.2 Å². The summed E-state index contributed by atoms with van der Waals surface area (Å²) >= 11 is 0. The Labute approximate surface area is 210 Å². The number of sulfonamides is 2. The van der Waals surface area contributed by atoms with Crippen molar-refractivity contribution in [2.75, 3.05) is 36.9 Å². The molecule has 2 heterocycles. The molecule has 13 heteroatoms. The van der Waals surface area contributed by atoms with E-state index in [4.69, 9.17) is 9.47 Å². The van der Waals surface area contributed by atoms with Gasteiger partial charge in [0.2, 0.25) is 21.8 Å². The fourth-order valence-electron chi connectivity index (χ4n) is 4.24. The van der Waals surface area contributed by atoms with E-state index in [1.165, 1.54) is 54.9 Å². The molecule has 0 aliphatic carbocycles. The summed E-state index contributed by atoms with van der Waals surface area (Å²) in [5, 5.41) is 0. The molecular weight excluding hydrogens is 510 g/mol. The van der Waals surface area contributed by atoms with Gasteiger partial charge in [0.05, 0.1) is 35.4 Å². The van der Waals surface area contributed by atoms with E-state index in [1.807, 2.05) is 0 Å². The molecular formula is C23H27N3O8S2. The van der Waals surface area contributed by atoms with Gasteiger partial charge in [-0.05, 0) is 49.2 Å². The Morgan fingerprint density at radius 2 is 1.36 bits per heavy atom. The number of nitrogens with zero attached hydrogens (tertiary/aromatic N) is 2. The van der Waals surface area contributed by atoms with Gasteiger partial charge in [-0.2, -0.15) is 4.31 Å². The Bertz CT molecular complexity index is 1380. The zero-order chi connectivity index (χ0) is 26.1. The maximum atomic E-state index is 13.3. The monoisotopic (exact) mass is 537 g/mol. The molecule has 2 aliphatic heterocycles. The van der Waals surface area contributed by atoms with E-state index in [0.29, 0.717) is 13.1 Å². The van der Waals surface area contributed by atoms with Crippen molar-refractivity contribution in [1.82, 2.24) is 4.31 Å². The topological polar surface area (TPSA) is 139 Å². The fourth-order valence-corrected chi connectivity index (χ4v) is 6.87. The first-order valence-corrected chi connectivity index (χ1v) is 14.3. The van der Waals surface area contributed by atoms with Crippen LogP contribution in [0.4, 0.5) is 11.4 Å². The maximum Gasteiger partial charge on any atom is 0.262 e. The molecule has 36 heavy (non-hydrogen) atoms. The zero-order valence-corrected chi connectivity index (χ0v) is 21.5. The molecule has 1 N–H and O–H groups in total. The van der Waals surface area contributed by atoms with E-state index in [-0.39, 0.29) is 45.5 Å². The molecule has 2 amide bonds. The van der Waals surface area contributed by atoms with Gasteiger partial charge in [0, 0.05) is 25.9 Å². The molecule has 0 atom stereocenters. The number of methoxy groups -OCH3 is 2.